The first-order valence-corrected chi connectivity index (χ1v) is 5.90. The van der Waals surface area contributed by atoms with Crippen molar-refractivity contribution in [2.45, 2.75) is 24.7 Å². The van der Waals surface area contributed by atoms with Crippen molar-refractivity contribution in [1.29, 1.82) is 0 Å². The molecule has 1 N–H and O–H groups in total. The molecule has 1 unspecified atom stereocenters. The molecule has 1 atom stereocenters. The zero-order chi connectivity index (χ0) is 12.3. The number of rotatable bonds is 4. The Morgan fingerprint density at radius 2 is 2.24 bits per heavy atom. The lowest BCUT2D eigenvalue weighted by molar-refractivity contribution is -0.198. The third-order valence-corrected chi connectivity index (χ3v) is 3.31. The molecule has 0 aromatic carbocycles. The number of hydrogen-bond donors (Lipinski definition) is 1. The number of piperidine rings is 1. The van der Waals surface area contributed by atoms with E-state index in [1.165, 1.54) is 7.11 Å². The third-order valence-electron chi connectivity index (χ3n) is 3.31. The Hall–Kier alpha value is -0.690. The SMILES string of the molecule is COCC(C(=O)O)N1CCCC2(C1)OCCO2. The molecule has 17 heavy (non-hydrogen) atoms. The van der Waals surface area contributed by atoms with Crippen LogP contribution in [0.15, 0.2) is 0 Å². The van der Waals surface area contributed by atoms with Crippen LogP contribution < -0.4 is 0 Å². The second-order valence-electron chi connectivity index (χ2n) is 4.49. The summed E-state index contributed by atoms with van der Waals surface area (Å²) in [5.41, 5.74) is 0. The normalized spacial score (nSPS) is 26.2. The molecule has 6 heteroatoms. The fourth-order valence-corrected chi connectivity index (χ4v) is 2.51. The van der Waals surface area contributed by atoms with E-state index in [0.717, 1.165) is 19.4 Å². The standard InChI is InChI=1S/C11H19NO5/c1-15-7-9(10(13)14)12-4-2-3-11(8-12)16-5-6-17-11/h9H,2-8H2,1H3,(H,13,14). The molecular weight excluding hydrogens is 226 g/mol. The Kier molecular flexibility index (Phi) is 3.98. The molecule has 0 radical (unpaired) electrons. The van der Waals surface area contributed by atoms with Crippen LogP contribution in [0.25, 0.3) is 0 Å². The zero-order valence-electron chi connectivity index (χ0n) is 10.1. The maximum absolute atomic E-state index is 11.2. The van der Waals surface area contributed by atoms with E-state index in [1.54, 1.807) is 0 Å². The highest BCUT2D eigenvalue weighted by Crippen LogP contribution is 2.30. The van der Waals surface area contributed by atoms with Gasteiger partial charge in [0, 0.05) is 13.5 Å². The van der Waals surface area contributed by atoms with Gasteiger partial charge in [0.1, 0.15) is 6.04 Å². The summed E-state index contributed by atoms with van der Waals surface area (Å²) < 4.78 is 16.2. The smallest absolute Gasteiger partial charge is 0.323 e. The lowest BCUT2D eigenvalue weighted by Crippen LogP contribution is -2.55. The van der Waals surface area contributed by atoms with Crippen molar-refractivity contribution in [3.8, 4) is 0 Å². The van der Waals surface area contributed by atoms with Crippen LogP contribution in [0.3, 0.4) is 0 Å². The summed E-state index contributed by atoms with van der Waals surface area (Å²) in [5, 5.41) is 9.18. The maximum Gasteiger partial charge on any atom is 0.323 e. The number of carbonyl (C=O) groups is 1. The molecule has 1 spiro atoms. The quantitative estimate of drug-likeness (QED) is 0.747. The van der Waals surface area contributed by atoms with E-state index < -0.39 is 17.8 Å². The molecule has 2 fully saturated rings. The van der Waals surface area contributed by atoms with Gasteiger partial charge in [-0.05, 0) is 13.0 Å². The molecule has 2 heterocycles. The Balaban J connectivity index is 2.02. The van der Waals surface area contributed by atoms with Gasteiger partial charge in [-0.2, -0.15) is 0 Å². The Bertz CT molecular complexity index is 277. The van der Waals surface area contributed by atoms with Gasteiger partial charge in [0.2, 0.25) is 0 Å². The minimum Gasteiger partial charge on any atom is -0.480 e. The van der Waals surface area contributed by atoms with Crippen molar-refractivity contribution < 1.29 is 24.1 Å². The second-order valence-corrected chi connectivity index (χ2v) is 4.49. The molecule has 0 bridgehead atoms. The van der Waals surface area contributed by atoms with Crippen LogP contribution >= 0.6 is 0 Å². The lowest BCUT2D eigenvalue weighted by atomic mass is 10.0. The highest BCUT2D eigenvalue weighted by atomic mass is 16.7. The van der Waals surface area contributed by atoms with Crippen molar-refractivity contribution >= 4 is 5.97 Å². The predicted octanol–water partition coefficient (Wildman–Crippen LogP) is -0.0751. The van der Waals surface area contributed by atoms with Gasteiger partial charge in [-0.1, -0.05) is 0 Å². The third kappa shape index (κ3) is 2.77. The first-order chi connectivity index (χ1) is 8.17. The molecular formula is C11H19NO5. The number of carboxylic acid groups (broad SMARTS) is 1. The number of nitrogens with zero attached hydrogens (tertiary/aromatic N) is 1. The van der Waals surface area contributed by atoms with Crippen molar-refractivity contribution in [3.05, 3.63) is 0 Å². The molecule has 6 nitrogen and oxygen atoms in total. The molecule has 0 amide bonds. The molecule has 2 saturated heterocycles. The Morgan fingerprint density at radius 3 is 2.82 bits per heavy atom. The fourth-order valence-electron chi connectivity index (χ4n) is 2.51. The minimum atomic E-state index is -0.859. The van der Waals surface area contributed by atoms with Crippen LogP contribution in [-0.4, -0.2) is 67.8 Å². The summed E-state index contributed by atoms with van der Waals surface area (Å²) in [6.45, 7) is 2.62. The molecule has 0 saturated carbocycles. The number of methoxy groups -OCH3 is 1. The van der Waals surface area contributed by atoms with Gasteiger partial charge >= 0.3 is 5.97 Å². The zero-order valence-corrected chi connectivity index (χ0v) is 10.1. The summed E-state index contributed by atoms with van der Waals surface area (Å²) in [5.74, 6) is -1.44. The Morgan fingerprint density at radius 1 is 1.53 bits per heavy atom. The second kappa shape index (κ2) is 5.30. The summed E-state index contributed by atoms with van der Waals surface area (Å²) >= 11 is 0. The van der Waals surface area contributed by atoms with E-state index in [0.29, 0.717) is 19.8 Å². The van der Waals surface area contributed by atoms with Gasteiger partial charge < -0.3 is 19.3 Å². The van der Waals surface area contributed by atoms with E-state index in [2.05, 4.69) is 0 Å². The monoisotopic (exact) mass is 245 g/mol. The first kappa shape index (κ1) is 12.8. The molecule has 0 aromatic rings. The molecule has 2 rings (SSSR count). The van der Waals surface area contributed by atoms with E-state index in [-0.39, 0.29) is 6.61 Å². The Labute approximate surface area is 100 Å². The average Bonchev–Trinajstić information content (AvgIpc) is 2.73. The summed E-state index contributed by atoms with van der Waals surface area (Å²) in [6, 6.07) is -0.620. The van der Waals surface area contributed by atoms with Crippen LogP contribution in [0.4, 0.5) is 0 Å². The number of ether oxygens (including phenoxy) is 3. The highest BCUT2D eigenvalue weighted by molar-refractivity contribution is 5.73. The van der Waals surface area contributed by atoms with Gasteiger partial charge in [0.25, 0.3) is 0 Å². The summed E-state index contributed by atoms with van der Waals surface area (Å²) in [6.07, 6.45) is 1.72. The van der Waals surface area contributed by atoms with Gasteiger partial charge in [-0.15, -0.1) is 0 Å². The van der Waals surface area contributed by atoms with Gasteiger partial charge in [-0.3, -0.25) is 9.69 Å². The van der Waals surface area contributed by atoms with E-state index in [9.17, 15) is 9.90 Å². The molecule has 0 aliphatic carbocycles. The molecule has 2 aliphatic rings. The highest BCUT2D eigenvalue weighted by Gasteiger charge is 2.43. The molecule has 2 aliphatic heterocycles. The van der Waals surface area contributed by atoms with Crippen LogP contribution in [0, 0.1) is 0 Å². The van der Waals surface area contributed by atoms with E-state index in [1.807, 2.05) is 4.90 Å². The summed E-state index contributed by atoms with van der Waals surface area (Å²) in [7, 11) is 1.51. The van der Waals surface area contributed by atoms with Crippen LogP contribution in [0.1, 0.15) is 12.8 Å². The fraction of sp³-hybridized carbons (Fsp3) is 0.909. The van der Waals surface area contributed by atoms with Gasteiger partial charge in [-0.25, -0.2) is 0 Å². The van der Waals surface area contributed by atoms with Crippen molar-refractivity contribution in [2.75, 3.05) is 40.0 Å². The van der Waals surface area contributed by atoms with E-state index >= 15 is 0 Å². The largest absolute Gasteiger partial charge is 0.480 e. The lowest BCUT2D eigenvalue weighted by Gasteiger charge is -2.40. The maximum atomic E-state index is 11.2. The van der Waals surface area contributed by atoms with Crippen molar-refractivity contribution in [2.24, 2.45) is 0 Å². The average molecular weight is 245 g/mol. The van der Waals surface area contributed by atoms with E-state index in [4.69, 9.17) is 14.2 Å². The summed E-state index contributed by atoms with van der Waals surface area (Å²) in [4.78, 5) is 13.1. The number of hydrogen-bond acceptors (Lipinski definition) is 5. The van der Waals surface area contributed by atoms with Crippen molar-refractivity contribution in [1.82, 2.24) is 4.90 Å². The minimum absolute atomic E-state index is 0.186. The molecule has 98 valence electrons. The van der Waals surface area contributed by atoms with Crippen molar-refractivity contribution in [3.63, 3.8) is 0 Å². The van der Waals surface area contributed by atoms with Gasteiger partial charge in [0.15, 0.2) is 5.79 Å². The first-order valence-electron chi connectivity index (χ1n) is 5.90. The van der Waals surface area contributed by atoms with Crippen LogP contribution in [-0.2, 0) is 19.0 Å². The van der Waals surface area contributed by atoms with Crippen LogP contribution in [0.5, 0.6) is 0 Å². The predicted molar refractivity (Wildman–Crippen MR) is 58.7 cm³/mol. The topological polar surface area (TPSA) is 68.2 Å². The van der Waals surface area contributed by atoms with Gasteiger partial charge in [0.05, 0.1) is 26.4 Å². The number of likely N-dealkylation sites (tertiary alicyclic amines) is 1. The number of carboxylic acids is 1. The number of aliphatic carboxylic acids is 1. The van der Waals surface area contributed by atoms with Crippen LogP contribution in [0.2, 0.25) is 0 Å². The molecule has 0 aromatic heterocycles.